The van der Waals surface area contributed by atoms with Gasteiger partial charge in [-0.2, -0.15) is 5.10 Å². The van der Waals surface area contributed by atoms with Crippen molar-refractivity contribution in [2.75, 3.05) is 0 Å². The third-order valence-corrected chi connectivity index (χ3v) is 5.38. The lowest BCUT2D eigenvalue weighted by Gasteiger charge is -2.16. The van der Waals surface area contributed by atoms with Crippen molar-refractivity contribution in [2.24, 2.45) is 0 Å². The minimum atomic E-state index is -0.414. The maximum Gasteiger partial charge on any atom is 0.340 e. The highest BCUT2D eigenvalue weighted by Crippen LogP contribution is 2.31. The number of H-pyrrole nitrogens is 2. The molecular formula is C21H23N5O3. The third kappa shape index (κ3) is 3.91. The topological polar surface area (TPSA) is 113 Å². The molecule has 0 fully saturated rings. The number of ketones is 1. The number of nitrogens with zero attached hydrogens (tertiary/aromatic N) is 2. The fraction of sp³-hybridized carbons (Fsp3) is 0.333. The SMILES string of the molecule is Cc1c(CC(=O)NCc2n[nH]c(=O)[nH]2)c2c(n1Cc1ccccc1)CCCC2=O. The molecule has 3 aromatic rings. The molecule has 8 heteroatoms. The molecule has 1 aliphatic carbocycles. The van der Waals surface area contributed by atoms with Crippen LogP contribution in [-0.4, -0.2) is 31.4 Å². The van der Waals surface area contributed by atoms with Gasteiger partial charge in [0.2, 0.25) is 5.91 Å². The molecular weight excluding hydrogens is 370 g/mol. The van der Waals surface area contributed by atoms with Gasteiger partial charge >= 0.3 is 5.69 Å². The molecule has 1 amide bonds. The summed E-state index contributed by atoms with van der Waals surface area (Å²) in [6.07, 6.45) is 2.31. The van der Waals surface area contributed by atoms with Crippen LogP contribution < -0.4 is 11.0 Å². The van der Waals surface area contributed by atoms with Crippen molar-refractivity contribution in [3.05, 3.63) is 74.7 Å². The van der Waals surface area contributed by atoms with E-state index in [1.165, 1.54) is 0 Å². The van der Waals surface area contributed by atoms with Crippen molar-refractivity contribution in [2.45, 2.75) is 45.7 Å². The number of carbonyl (C=O) groups is 2. The lowest BCUT2D eigenvalue weighted by molar-refractivity contribution is -0.120. The van der Waals surface area contributed by atoms with Gasteiger partial charge in [0.25, 0.3) is 0 Å². The lowest BCUT2D eigenvalue weighted by Crippen LogP contribution is -2.26. The molecule has 150 valence electrons. The fourth-order valence-corrected chi connectivity index (χ4v) is 3.98. The monoisotopic (exact) mass is 393 g/mol. The van der Waals surface area contributed by atoms with Gasteiger partial charge in [-0.05, 0) is 30.9 Å². The Labute approximate surface area is 167 Å². The van der Waals surface area contributed by atoms with Gasteiger partial charge in [-0.25, -0.2) is 9.89 Å². The summed E-state index contributed by atoms with van der Waals surface area (Å²) in [5.41, 5.74) is 4.24. The number of amides is 1. The summed E-state index contributed by atoms with van der Waals surface area (Å²) in [5.74, 6) is 0.260. The number of nitrogens with one attached hydrogen (secondary N) is 3. The van der Waals surface area contributed by atoms with E-state index >= 15 is 0 Å². The first-order valence-corrected chi connectivity index (χ1v) is 9.71. The van der Waals surface area contributed by atoms with Gasteiger partial charge in [0, 0.05) is 29.9 Å². The van der Waals surface area contributed by atoms with Gasteiger partial charge in [-0.1, -0.05) is 30.3 Å². The highest BCUT2D eigenvalue weighted by atomic mass is 16.2. The van der Waals surface area contributed by atoms with Crippen LogP contribution in [0.3, 0.4) is 0 Å². The van der Waals surface area contributed by atoms with Crippen LogP contribution in [0.5, 0.6) is 0 Å². The summed E-state index contributed by atoms with van der Waals surface area (Å²) < 4.78 is 2.18. The van der Waals surface area contributed by atoms with Crippen LogP contribution in [0, 0.1) is 6.92 Å². The minimum absolute atomic E-state index is 0.112. The molecule has 0 radical (unpaired) electrons. The van der Waals surface area contributed by atoms with Crippen molar-refractivity contribution in [1.82, 2.24) is 25.1 Å². The maximum atomic E-state index is 12.7. The van der Waals surface area contributed by atoms with Gasteiger partial charge in [0.1, 0.15) is 5.82 Å². The average Bonchev–Trinajstić information content (AvgIpc) is 3.24. The Morgan fingerprint density at radius 1 is 1.21 bits per heavy atom. The van der Waals surface area contributed by atoms with Gasteiger partial charge < -0.3 is 9.88 Å². The normalized spacial score (nSPS) is 13.3. The molecule has 1 aliphatic rings. The summed E-state index contributed by atoms with van der Waals surface area (Å²) in [5, 5.41) is 8.80. The number of hydrogen-bond acceptors (Lipinski definition) is 4. The van der Waals surface area contributed by atoms with Crippen molar-refractivity contribution < 1.29 is 9.59 Å². The standard InChI is InChI=1S/C21H23N5O3/c1-13-15(10-19(28)22-11-18-23-21(29)25-24-18)20-16(8-5-9-17(20)27)26(13)12-14-6-3-2-4-7-14/h2-4,6-7H,5,8-12H2,1H3,(H,22,28)(H2,23,24,25,29). The summed E-state index contributed by atoms with van der Waals surface area (Å²) in [6, 6.07) is 10.1. The zero-order chi connectivity index (χ0) is 20.4. The average molecular weight is 393 g/mol. The summed E-state index contributed by atoms with van der Waals surface area (Å²) in [6.45, 7) is 2.78. The summed E-state index contributed by atoms with van der Waals surface area (Å²) in [7, 11) is 0. The van der Waals surface area contributed by atoms with E-state index in [0.29, 0.717) is 24.4 Å². The molecule has 0 saturated heterocycles. The van der Waals surface area contributed by atoms with Crippen LogP contribution >= 0.6 is 0 Å². The first-order valence-electron chi connectivity index (χ1n) is 9.71. The predicted octanol–water partition coefficient (Wildman–Crippen LogP) is 1.63. The van der Waals surface area contributed by atoms with E-state index in [9.17, 15) is 14.4 Å². The van der Waals surface area contributed by atoms with Crippen LogP contribution in [0.4, 0.5) is 0 Å². The first kappa shape index (κ1) is 18.9. The summed E-state index contributed by atoms with van der Waals surface area (Å²) >= 11 is 0. The number of aromatic nitrogens is 4. The largest absolute Gasteiger partial charge is 0.349 e. The molecule has 2 aromatic heterocycles. The number of rotatable bonds is 6. The molecule has 0 aliphatic heterocycles. The van der Waals surface area contributed by atoms with Crippen LogP contribution in [0.2, 0.25) is 0 Å². The van der Waals surface area contributed by atoms with Gasteiger partial charge in [0.15, 0.2) is 5.78 Å². The number of Topliss-reactive ketones (excluding diaryl/α,β-unsaturated/α-hetero) is 1. The second-order valence-electron chi connectivity index (χ2n) is 7.31. The molecule has 0 saturated carbocycles. The Bertz CT molecular complexity index is 1110. The molecule has 0 unspecified atom stereocenters. The van der Waals surface area contributed by atoms with Crippen molar-refractivity contribution in [3.63, 3.8) is 0 Å². The fourth-order valence-electron chi connectivity index (χ4n) is 3.98. The molecule has 0 atom stereocenters. The van der Waals surface area contributed by atoms with Crippen molar-refractivity contribution in [3.8, 4) is 0 Å². The highest BCUT2D eigenvalue weighted by molar-refractivity contribution is 6.01. The number of aromatic amines is 2. The molecule has 3 N–H and O–H groups in total. The zero-order valence-corrected chi connectivity index (χ0v) is 16.2. The number of hydrogen-bond donors (Lipinski definition) is 3. The molecule has 29 heavy (non-hydrogen) atoms. The van der Waals surface area contributed by atoms with Gasteiger partial charge in [-0.15, -0.1) is 0 Å². The quantitative estimate of drug-likeness (QED) is 0.591. The zero-order valence-electron chi connectivity index (χ0n) is 16.2. The van der Waals surface area contributed by atoms with Crippen LogP contribution in [0.1, 0.15) is 51.5 Å². The smallest absolute Gasteiger partial charge is 0.340 e. The maximum absolute atomic E-state index is 12.7. The minimum Gasteiger partial charge on any atom is -0.349 e. The van der Waals surface area contributed by atoms with E-state index in [0.717, 1.165) is 35.4 Å². The molecule has 1 aromatic carbocycles. The van der Waals surface area contributed by atoms with Crippen molar-refractivity contribution in [1.29, 1.82) is 0 Å². The predicted molar refractivity (Wildman–Crippen MR) is 107 cm³/mol. The number of benzene rings is 1. The van der Waals surface area contributed by atoms with E-state index in [1.54, 1.807) is 0 Å². The van der Waals surface area contributed by atoms with E-state index in [-0.39, 0.29) is 24.7 Å². The van der Waals surface area contributed by atoms with Crippen LogP contribution in [0.15, 0.2) is 35.1 Å². The van der Waals surface area contributed by atoms with E-state index in [1.807, 2.05) is 25.1 Å². The number of fused-ring (bicyclic) bond motifs is 1. The molecule has 0 bridgehead atoms. The number of carbonyl (C=O) groups excluding carboxylic acids is 2. The Morgan fingerprint density at radius 3 is 2.72 bits per heavy atom. The molecule has 2 heterocycles. The second-order valence-corrected chi connectivity index (χ2v) is 7.31. The third-order valence-electron chi connectivity index (χ3n) is 5.38. The second kappa shape index (κ2) is 7.90. The first-order chi connectivity index (χ1) is 14.0. The molecule has 4 rings (SSSR count). The Morgan fingerprint density at radius 2 is 2.00 bits per heavy atom. The van der Waals surface area contributed by atoms with Gasteiger partial charge in [0.05, 0.1) is 13.0 Å². The summed E-state index contributed by atoms with van der Waals surface area (Å²) in [4.78, 5) is 38.8. The van der Waals surface area contributed by atoms with Crippen LogP contribution in [0.25, 0.3) is 0 Å². The van der Waals surface area contributed by atoms with Gasteiger partial charge in [-0.3, -0.25) is 14.6 Å². The molecule has 0 spiro atoms. The Kier molecular flexibility index (Phi) is 5.16. The van der Waals surface area contributed by atoms with Crippen molar-refractivity contribution >= 4 is 11.7 Å². The highest BCUT2D eigenvalue weighted by Gasteiger charge is 2.29. The van der Waals surface area contributed by atoms with E-state index in [4.69, 9.17) is 0 Å². The lowest BCUT2D eigenvalue weighted by atomic mass is 9.92. The molecule has 8 nitrogen and oxygen atoms in total. The Balaban J connectivity index is 1.59. The van der Waals surface area contributed by atoms with Crippen LogP contribution in [-0.2, 0) is 30.7 Å². The van der Waals surface area contributed by atoms with E-state index < -0.39 is 5.69 Å². The Hall–Kier alpha value is -3.42. The van der Waals surface area contributed by atoms with E-state index in [2.05, 4.69) is 37.2 Å².